The number of piperazine rings is 1. The Labute approximate surface area is 170 Å². The van der Waals surface area contributed by atoms with Gasteiger partial charge in [0.05, 0.1) is 16.4 Å². The van der Waals surface area contributed by atoms with Crippen molar-refractivity contribution in [2.45, 2.75) is 11.8 Å². The van der Waals surface area contributed by atoms with E-state index in [0.717, 1.165) is 18.0 Å². The second kappa shape index (κ2) is 9.51. The fourth-order valence-electron chi connectivity index (χ4n) is 3.03. The molecule has 1 N–H and O–H groups in total. The summed E-state index contributed by atoms with van der Waals surface area (Å²) in [6.45, 7) is 6.14. The molecule has 7 nitrogen and oxygen atoms in total. The van der Waals surface area contributed by atoms with Crippen molar-refractivity contribution < 1.29 is 17.9 Å². The maximum Gasteiger partial charge on any atom is 0.264 e. The highest BCUT2D eigenvalue weighted by molar-refractivity contribution is 7.89. The molecular weight excluding hydrogens is 398 g/mol. The third kappa shape index (κ3) is 5.32. The normalized spacial score (nSPS) is 15.5. The SMILES string of the molecule is CCOc1ccc(S(=O)(=O)NCCN2CCN(C(=O)c3cccs3)CC2)cc1. The van der Waals surface area contributed by atoms with Gasteiger partial charge in [0.15, 0.2) is 0 Å². The number of sulfonamides is 1. The summed E-state index contributed by atoms with van der Waals surface area (Å²) in [7, 11) is -3.54. The first-order chi connectivity index (χ1) is 13.5. The van der Waals surface area contributed by atoms with Gasteiger partial charge in [-0.3, -0.25) is 9.69 Å². The predicted molar refractivity (Wildman–Crippen MR) is 109 cm³/mol. The zero-order valence-corrected chi connectivity index (χ0v) is 17.5. The van der Waals surface area contributed by atoms with Crippen LogP contribution in [0.5, 0.6) is 5.75 Å². The number of carbonyl (C=O) groups is 1. The predicted octanol–water partition coefficient (Wildman–Crippen LogP) is 1.88. The van der Waals surface area contributed by atoms with Gasteiger partial charge in [-0.1, -0.05) is 6.07 Å². The molecule has 1 saturated heterocycles. The third-order valence-corrected chi connectivity index (χ3v) is 6.89. The van der Waals surface area contributed by atoms with Crippen molar-refractivity contribution in [3.63, 3.8) is 0 Å². The van der Waals surface area contributed by atoms with Crippen LogP contribution < -0.4 is 9.46 Å². The van der Waals surface area contributed by atoms with Crippen LogP contribution in [0.1, 0.15) is 16.6 Å². The minimum atomic E-state index is -3.54. The number of benzene rings is 1. The summed E-state index contributed by atoms with van der Waals surface area (Å²) in [5, 5.41) is 1.90. The van der Waals surface area contributed by atoms with Crippen LogP contribution in [0.2, 0.25) is 0 Å². The average Bonchev–Trinajstić information content (AvgIpc) is 3.23. The molecule has 1 aliphatic heterocycles. The van der Waals surface area contributed by atoms with E-state index in [1.807, 2.05) is 29.3 Å². The number of thiophene rings is 1. The highest BCUT2D eigenvalue weighted by atomic mass is 32.2. The lowest BCUT2D eigenvalue weighted by Gasteiger charge is -2.34. The molecule has 0 unspecified atom stereocenters. The van der Waals surface area contributed by atoms with Crippen molar-refractivity contribution in [1.29, 1.82) is 0 Å². The molecule has 2 heterocycles. The lowest BCUT2D eigenvalue weighted by Crippen LogP contribution is -2.50. The molecule has 3 rings (SSSR count). The van der Waals surface area contributed by atoms with Crippen molar-refractivity contribution in [3.8, 4) is 5.75 Å². The molecular formula is C19H25N3O4S2. The summed E-state index contributed by atoms with van der Waals surface area (Å²) in [4.78, 5) is 17.4. The number of rotatable bonds is 8. The van der Waals surface area contributed by atoms with Crippen LogP contribution in [0, 0.1) is 0 Å². The quantitative estimate of drug-likeness (QED) is 0.701. The van der Waals surface area contributed by atoms with Gasteiger partial charge < -0.3 is 9.64 Å². The van der Waals surface area contributed by atoms with Crippen LogP contribution in [0.15, 0.2) is 46.7 Å². The number of ether oxygens (including phenoxy) is 1. The summed E-state index contributed by atoms with van der Waals surface area (Å²) in [6, 6.07) is 10.1. The number of hydrogen-bond donors (Lipinski definition) is 1. The molecule has 0 atom stereocenters. The van der Waals surface area contributed by atoms with E-state index in [1.165, 1.54) is 11.3 Å². The third-order valence-electron chi connectivity index (χ3n) is 4.56. The molecule has 0 spiro atoms. The molecule has 1 fully saturated rings. The van der Waals surface area contributed by atoms with E-state index in [2.05, 4.69) is 9.62 Å². The van der Waals surface area contributed by atoms with Crippen LogP contribution in [-0.2, 0) is 10.0 Å². The highest BCUT2D eigenvalue weighted by Crippen LogP contribution is 2.16. The lowest BCUT2D eigenvalue weighted by molar-refractivity contribution is 0.0645. The Morgan fingerprint density at radius 3 is 2.46 bits per heavy atom. The van der Waals surface area contributed by atoms with Gasteiger partial charge >= 0.3 is 0 Å². The zero-order valence-electron chi connectivity index (χ0n) is 15.8. The second-order valence-corrected chi connectivity index (χ2v) is 9.13. The molecule has 0 saturated carbocycles. The van der Waals surface area contributed by atoms with Gasteiger partial charge in [0.2, 0.25) is 10.0 Å². The van der Waals surface area contributed by atoms with Gasteiger partial charge in [0, 0.05) is 39.3 Å². The van der Waals surface area contributed by atoms with E-state index in [9.17, 15) is 13.2 Å². The molecule has 1 amide bonds. The van der Waals surface area contributed by atoms with Crippen LogP contribution in [0.3, 0.4) is 0 Å². The maximum atomic E-state index is 12.4. The lowest BCUT2D eigenvalue weighted by atomic mass is 10.3. The number of amides is 1. The summed E-state index contributed by atoms with van der Waals surface area (Å²) in [5.41, 5.74) is 0. The van der Waals surface area contributed by atoms with E-state index in [4.69, 9.17) is 4.74 Å². The van der Waals surface area contributed by atoms with Crippen molar-refractivity contribution in [2.75, 3.05) is 45.9 Å². The van der Waals surface area contributed by atoms with E-state index in [-0.39, 0.29) is 10.8 Å². The number of hydrogen-bond acceptors (Lipinski definition) is 6. The van der Waals surface area contributed by atoms with E-state index in [1.54, 1.807) is 24.3 Å². The molecule has 0 radical (unpaired) electrons. The number of carbonyl (C=O) groups excluding carboxylic acids is 1. The molecule has 2 aromatic rings. The molecule has 152 valence electrons. The van der Waals surface area contributed by atoms with Crippen molar-refractivity contribution >= 4 is 27.3 Å². The highest BCUT2D eigenvalue weighted by Gasteiger charge is 2.23. The Morgan fingerprint density at radius 1 is 1.14 bits per heavy atom. The topological polar surface area (TPSA) is 79.0 Å². The first-order valence-corrected chi connectivity index (χ1v) is 11.6. The van der Waals surface area contributed by atoms with Crippen molar-refractivity contribution in [1.82, 2.24) is 14.5 Å². The molecule has 1 aliphatic rings. The van der Waals surface area contributed by atoms with Gasteiger partial charge in [0.25, 0.3) is 5.91 Å². The second-order valence-electron chi connectivity index (χ2n) is 6.41. The first kappa shape index (κ1) is 20.8. The largest absolute Gasteiger partial charge is 0.494 e. The van der Waals surface area contributed by atoms with Crippen molar-refractivity contribution in [3.05, 3.63) is 46.7 Å². The monoisotopic (exact) mass is 423 g/mol. The molecule has 1 aromatic heterocycles. The van der Waals surface area contributed by atoms with Gasteiger partial charge in [-0.05, 0) is 42.6 Å². The maximum absolute atomic E-state index is 12.4. The molecule has 9 heteroatoms. The summed E-state index contributed by atoms with van der Waals surface area (Å²) >= 11 is 1.45. The average molecular weight is 424 g/mol. The van der Waals surface area contributed by atoms with Gasteiger partial charge in [-0.2, -0.15) is 0 Å². The Kier molecular flexibility index (Phi) is 7.06. The Hall–Kier alpha value is -1.94. The van der Waals surface area contributed by atoms with Gasteiger partial charge in [-0.25, -0.2) is 13.1 Å². The fraction of sp³-hybridized carbons (Fsp3) is 0.421. The molecule has 0 aliphatic carbocycles. The Morgan fingerprint density at radius 2 is 1.86 bits per heavy atom. The summed E-state index contributed by atoms with van der Waals surface area (Å²) in [6.07, 6.45) is 0. The van der Waals surface area contributed by atoms with E-state index >= 15 is 0 Å². The number of nitrogens with zero attached hydrogens (tertiary/aromatic N) is 2. The minimum Gasteiger partial charge on any atom is -0.494 e. The summed E-state index contributed by atoms with van der Waals surface area (Å²) < 4.78 is 32.8. The standard InChI is InChI=1S/C19H25N3O4S2/c1-2-26-16-5-7-17(8-6-16)28(24,25)20-9-10-21-11-13-22(14-12-21)19(23)18-4-3-15-27-18/h3-8,15,20H,2,9-14H2,1H3. The minimum absolute atomic E-state index is 0.0749. The molecule has 0 bridgehead atoms. The van der Waals surface area contributed by atoms with Crippen LogP contribution in [-0.4, -0.2) is 70.0 Å². The van der Waals surface area contributed by atoms with E-state index < -0.39 is 10.0 Å². The fourth-order valence-corrected chi connectivity index (χ4v) is 4.75. The van der Waals surface area contributed by atoms with Crippen molar-refractivity contribution in [2.24, 2.45) is 0 Å². The zero-order chi connectivity index (χ0) is 20.0. The van der Waals surface area contributed by atoms with Gasteiger partial charge in [0.1, 0.15) is 5.75 Å². The smallest absolute Gasteiger partial charge is 0.264 e. The van der Waals surface area contributed by atoms with Crippen LogP contribution in [0.4, 0.5) is 0 Å². The Bertz CT molecular complexity index is 859. The first-order valence-electron chi connectivity index (χ1n) is 9.27. The Balaban J connectivity index is 1.43. The molecule has 1 aromatic carbocycles. The van der Waals surface area contributed by atoms with Crippen LogP contribution in [0.25, 0.3) is 0 Å². The number of nitrogens with one attached hydrogen (secondary N) is 1. The summed E-state index contributed by atoms with van der Waals surface area (Å²) in [5.74, 6) is 0.724. The van der Waals surface area contributed by atoms with Gasteiger partial charge in [-0.15, -0.1) is 11.3 Å². The van der Waals surface area contributed by atoms with E-state index in [0.29, 0.717) is 38.5 Å². The molecule has 28 heavy (non-hydrogen) atoms. The van der Waals surface area contributed by atoms with Crippen LogP contribution >= 0.6 is 11.3 Å².